The van der Waals surface area contributed by atoms with Crippen LogP contribution in [-0.2, 0) is 6.42 Å². The molecule has 1 aromatic heterocycles. The lowest BCUT2D eigenvalue weighted by molar-refractivity contribution is 0.720. The van der Waals surface area contributed by atoms with Crippen LogP contribution in [0.2, 0.25) is 5.02 Å². The Hall–Kier alpha value is -1.63. The van der Waals surface area contributed by atoms with Crippen molar-refractivity contribution in [3.63, 3.8) is 0 Å². The third-order valence-corrected chi connectivity index (χ3v) is 5.40. The molecule has 120 valence electrons. The van der Waals surface area contributed by atoms with Gasteiger partial charge in [0, 0.05) is 21.7 Å². The first kappa shape index (κ1) is 15.9. The highest BCUT2D eigenvalue weighted by molar-refractivity contribution is 9.10. The molecule has 0 unspecified atom stereocenters. The fourth-order valence-electron chi connectivity index (χ4n) is 2.45. The van der Waals surface area contributed by atoms with Crippen LogP contribution in [0.15, 0.2) is 63.3 Å². The molecule has 4 nitrogen and oxygen atoms in total. The number of nitrogens with zero attached hydrogens (tertiary/aromatic N) is 4. The predicted molar refractivity (Wildman–Crippen MR) is 101 cm³/mol. The Kier molecular flexibility index (Phi) is 4.43. The van der Waals surface area contributed by atoms with E-state index in [4.69, 9.17) is 16.7 Å². The lowest BCUT2D eigenvalue weighted by atomic mass is 10.1. The largest absolute Gasteiger partial charge is 0.212 e. The fraction of sp³-hybridized carbons (Fsp3) is 0.118. The molecule has 1 aliphatic heterocycles. The summed E-state index contributed by atoms with van der Waals surface area (Å²) in [6.45, 7) is 0. The molecule has 4 rings (SSSR count). The Bertz CT molecular complexity index is 903. The van der Waals surface area contributed by atoms with Gasteiger partial charge in [0.15, 0.2) is 5.82 Å². The molecule has 0 fully saturated rings. The summed E-state index contributed by atoms with van der Waals surface area (Å²) in [5, 5.41) is 14.9. The molecule has 24 heavy (non-hydrogen) atoms. The number of hydrogen-bond donors (Lipinski definition) is 0. The van der Waals surface area contributed by atoms with Gasteiger partial charge in [0.25, 0.3) is 0 Å². The van der Waals surface area contributed by atoms with E-state index in [-0.39, 0.29) is 0 Å². The minimum Gasteiger partial charge on any atom is -0.191 e. The van der Waals surface area contributed by atoms with Crippen LogP contribution in [0.4, 0.5) is 0 Å². The first-order valence-corrected chi connectivity index (χ1v) is 9.50. The van der Waals surface area contributed by atoms with E-state index in [1.165, 1.54) is 5.56 Å². The van der Waals surface area contributed by atoms with Gasteiger partial charge >= 0.3 is 0 Å². The van der Waals surface area contributed by atoms with Crippen LogP contribution in [0.25, 0.3) is 0 Å². The van der Waals surface area contributed by atoms with Crippen molar-refractivity contribution in [3.8, 4) is 0 Å². The normalized spacial score (nSPS) is 13.5. The van der Waals surface area contributed by atoms with Crippen LogP contribution in [-0.4, -0.2) is 26.3 Å². The zero-order valence-corrected chi connectivity index (χ0v) is 15.6. The summed E-state index contributed by atoms with van der Waals surface area (Å²) < 4.78 is 2.91. The van der Waals surface area contributed by atoms with Crippen LogP contribution in [0.1, 0.15) is 17.0 Å². The Morgan fingerprint density at radius 3 is 2.54 bits per heavy atom. The molecule has 0 saturated heterocycles. The minimum absolute atomic E-state index is 0.693. The molecule has 0 N–H and O–H groups in total. The molecule has 3 aromatic rings. The number of halogens is 2. The molecule has 0 aliphatic carbocycles. The van der Waals surface area contributed by atoms with Crippen molar-refractivity contribution in [3.05, 3.63) is 75.0 Å². The minimum atomic E-state index is 0.693. The fourth-order valence-corrected chi connectivity index (χ4v) is 3.69. The van der Waals surface area contributed by atoms with E-state index in [0.29, 0.717) is 6.42 Å². The van der Waals surface area contributed by atoms with Gasteiger partial charge in [-0.3, -0.25) is 0 Å². The molecule has 7 heteroatoms. The van der Waals surface area contributed by atoms with Crippen molar-refractivity contribution >= 4 is 45.0 Å². The summed E-state index contributed by atoms with van der Waals surface area (Å²) >= 11 is 11.1. The van der Waals surface area contributed by atoms with E-state index in [1.54, 1.807) is 11.8 Å². The average Bonchev–Trinajstić information content (AvgIpc) is 3.00. The quantitative estimate of drug-likeness (QED) is 0.621. The molecule has 0 radical (unpaired) electrons. The van der Waals surface area contributed by atoms with Crippen molar-refractivity contribution < 1.29 is 0 Å². The molecule has 0 atom stereocenters. The van der Waals surface area contributed by atoms with Gasteiger partial charge in [-0.25, -0.2) is 0 Å². The number of thioether (sulfide) groups is 1. The highest BCUT2D eigenvalue weighted by Gasteiger charge is 2.19. The summed E-state index contributed by atoms with van der Waals surface area (Å²) in [6, 6.07) is 16.0. The highest BCUT2D eigenvalue weighted by Crippen LogP contribution is 2.25. The van der Waals surface area contributed by atoms with Crippen molar-refractivity contribution in [1.82, 2.24) is 14.9 Å². The third-order valence-electron chi connectivity index (χ3n) is 3.69. The van der Waals surface area contributed by atoms with Gasteiger partial charge in [0.2, 0.25) is 5.16 Å². The van der Waals surface area contributed by atoms with Crippen LogP contribution in [0.5, 0.6) is 0 Å². The van der Waals surface area contributed by atoms with Crippen molar-refractivity contribution in [2.45, 2.75) is 11.6 Å². The second-order valence-electron chi connectivity index (χ2n) is 5.36. The number of benzene rings is 2. The van der Waals surface area contributed by atoms with Crippen molar-refractivity contribution in [2.24, 2.45) is 5.10 Å². The van der Waals surface area contributed by atoms with Gasteiger partial charge in [-0.15, -0.1) is 10.2 Å². The zero-order valence-electron chi connectivity index (χ0n) is 12.5. The Labute approximate surface area is 157 Å². The van der Waals surface area contributed by atoms with E-state index >= 15 is 0 Å². The summed E-state index contributed by atoms with van der Waals surface area (Å²) in [7, 11) is 0. The topological polar surface area (TPSA) is 43.1 Å². The van der Waals surface area contributed by atoms with E-state index < -0.39 is 0 Å². The van der Waals surface area contributed by atoms with Gasteiger partial charge in [0.05, 0.1) is 5.71 Å². The van der Waals surface area contributed by atoms with Gasteiger partial charge in [-0.1, -0.05) is 63.6 Å². The van der Waals surface area contributed by atoms with Crippen molar-refractivity contribution in [2.75, 3.05) is 5.75 Å². The summed E-state index contributed by atoms with van der Waals surface area (Å²) in [5.41, 5.74) is 3.24. The van der Waals surface area contributed by atoms with E-state index in [9.17, 15) is 0 Å². The van der Waals surface area contributed by atoms with E-state index in [1.807, 2.05) is 41.1 Å². The standard InChI is InChI=1S/C17H12BrClN4S/c18-13-5-1-11(2-6-13)9-16-20-21-17-23(16)22-15(10-24-17)12-3-7-14(19)8-4-12/h1-8H,9-10H2. The Balaban J connectivity index is 1.66. The number of aromatic nitrogens is 3. The van der Waals surface area contributed by atoms with E-state index in [0.717, 1.165) is 37.5 Å². The molecule has 0 bridgehead atoms. The van der Waals surface area contributed by atoms with E-state index in [2.05, 4.69) is 38.3 Å². The number of fused-ring (bicyclic) bond motifs is 1. The Morgan fingerprint density at radius 1 is 1.04 bits per heavy atom. The smallest absolute Gasteiger partial charge is 0.191 e. The van der Waals surface area contributed by atoms with Gasteiger partial charge in [-0.2, -0.15) is 9.78 Å². The second-order valence-corrected chi connectivity index (χ2v) is 7.65. The predicted octanol–water partition coefficient (Wildman–Crippen LogP) is 4.64. The lowest BCUT2D eigenvalue weighted by Crippen LogP contribution is -2.14. The summed E-state index contributed by atoms with van der Waals surface area (Å²) in [5.74, 6) is 1.61. The molecule has 2 aromatic carbocycles. The van der Waals surface area contributed by atoms with Crippen molar-refractivity contribution in [1.29, 1.82) is 0 Å². The molecule has 0 saturated carbocycles. The summed E-state index contributed by atoms with van der Waals surface area (Å²) in [6.07, 6.45) is 0.693. The molecule has 0 amide bonds. The maximum atomic E-state index is 5.97. The second kappa shape index (κ2) is 6.70. The Morgan fingerprint density at radius 2 is 1.79 bits per heavy atom. The first-order valence-electron chi connectivity index (χ1n) is 7.34. The van der Waals surface area contributed by atoms with Gasteiger partial charge in [-0.05, 0) is 35.4 Å². The zero-order chi connectivity index (χ0) is 16.5. The van der Waals surface area contributed by atoms with Crippen LogP contribution < -0.4 is 0 Å². The molecular weight excluding hydrogens is 408 g/mol. The molecule has 2 heterocycles. The average molecular weight is 420 g/mol. The number of hydrogen-bond acceptors (Lipinski definition) is 4. The van der Waals surface area contributed by atoms with Crippen LogP contribution in [0, 0.1) is 0 Å². The van der Waals surface area contributed by atoms with Gasteiger partial charge in [0.1, 0.15) is 0 Å². The summed E-state index contributed by atoms with van der Waals surface area (Å²) in [4.78, 5) is 0. The number of rotatable bonds is 3. The third kappa shape index (κ3) is 3.27. The molecule has 1 aliphatic rings. The first-order chi connectivity index (χ1) is 11.7. The maximum Gasteiger partial charge on any atom is 0.212 e. The monoisotopic (exact) mass is 418 g/mol. The molecule has 0 spiro atoms. The maximum absolute atomic E-state index is 5.97. The SMILES string of the molecule is Clc1ccc(C2=Nn3c(Cc4ccc(Br)cc4)nnc3SC2)cc1. The lowest BCUT2D eigenvalue weighted by Gasteiger charge is -2.14. The van der Waals surface area contributed by atoms with Gasteiger partial charge < -0.3 is 0 Å². The van der Waals surface area contributed by atoms with Crippen LogP contribution in [0.3, 0.4) is 0 Å². The highest BCUT2D eigenvalue weighted by atomic mass is 79.9. The molecular formula is C17H12BrClN4S. The van der Waals surface area contributed by atoms with Crippen LogP contribution >= 0.6 is 39.3 Å².